The Bertz CT molecular complexity index is 1210. The number of methoxy groups -OCH3 is 2. The molecule has 0 radical (unpaired) electrons. The third-order valence-corrected chi connectivity index (χ3v) is 17.5. The van der Waals surface area contributed by atoms with Gasteiger partial charge in [0.25, 0.3) is 0 Å². The molecule has 0 unspecified atom stereocenters. The van der Waals surface area contributed by atoms with Gasteiger partial charge >= 0.3 is 0 Å². The summed E-state index contributed by atoms with van der Waals surface area (Å²) in [5.41, 5.74) is 4.19. The van der Waals surface area contributed by atoms with Crippen molar-refractivity contribution in [1.29, 1.82) is 0 Å². The summed E-state index contributed by atoms with van der Waals surface area (Å²) >= 11 is 2.32. The Morgan fingerprint density at radius 2 is 1.50 bits per heavy atom. The maximum Gasteiger partial charge on any atom is 0.243 e. The Balaban J connectivity index is 2.20. The average Bonchev–Trinajstić information content (AvgIpc) is 2.84. The Morgan fingerprint density at radius 1 is 0.974 bits per heavy atom. The molecular formula is C29H44INO5SSi. The molecule has 0 amide bonds. The summed E-state index contributed by atoms with van der Waals surface area (Å²) in [5, 5.41) is 0. The minimum Gasteiger partial charge on any atom is -0.496 e. The van der Waals surface area contributed by atoms with Crippen LogP contribution in [0.3, 0.4) is 0 Å². The fourth-order valence-corrected chi connectivity index (χ4v) is 14.7. The van der Waals surface area contributed by atoms with Crippen LogP contribution in [-0.2, 0) is 20.9 Å². The minimum absolute atomic E-state index is 0.297. The lowest BCUT2D eigenvalue weighted by Crippen LogP contribution is -2.54. The lowest BCUT2D eigenvalue weighted by atomic mass is 9.90. The number of aryl methyl sites for hydroxylation is 1. The second-order valence-electron chi connectivity index (χ2n) is 11.3. The molecule has 2 aromatic carbocycles. The van der Waals surface area contributed by atoms with E-state index in [9.17, 15) is 8.42 Å². The maximum absolute atomic E-state index is 14.3. The van der Waals surface area contributed by atoms with Crippen LogP contribution in [0.1, 0.15) is 71.2 Å². The highest BCUT2D eigenvalue weighted by atomic mass is 127. The van der Waals surface area contributed by atoms with Crippen LogP contribution >= 0.6 is 22.6 Å². The van der Waals surface area contributed by atoms with Crippen LogP contribution in [0, 0.1) is 10.5 Å². The number of benzene rings is 2. The predicted molar refractivity (Wildman–Crippen MR) is 165 cm³/mol. The summed E-state index contributed by atoms with van der Waals surface area (Å²) in [5.74, 6) is 1.38. The summed E-state index contributed by atoms with van der Waals surface area (Å²) in [6.07, 6.45) is 0.523. The molecule has 0 bridgehead atoms. The summed E-state index contributed by atoms with van der Waals surface area (Å²) in [7, 11) is -2.77. The Labute approximate surface area is 244 Å². The predicted octanol–water partition coefficient (Wildman–Crippen LogP) is 7.49. The zero-order valence-electron chi connectivity index (χ0n) is 24.5. The fraction of sp³-hybridized carbons (Fsp3) is 0.586. The zero-order valence-corrected chi connectivity index (χ0v) is 28.4. The molecule has 212 valence electrons. The fourth-order valence-electron chi connectivity index (χ4n) is 6.53. The molecular weight excluding hydrogens is 629 g/mol. The molecule has 0 saturated carbocycles. The first kappa shape index (κ1) is 31.4. The third-order valence-electron chi connectivity index (χ3n) is 8.20. The van der Waals surface area contributed by atoms with Gasteiger partial charge in [-0.1, -0.05) is 59.2 Å². The molecule has 0 spiro atoms. The molecule has 0 aromatic heterocycles. The largest absolute Gasteiger partial charge is 0.496 e. The number of rotatable bonds is 10. The first-order chi connectivity index (χ1) is 17.7. The van der Waals surface area contributed by atoms with E-state index in [4.69, 9.17) is 13.9 Å². The van der Waals surface area contributed by atoms with Crippen LogP contribution in [0.2, 0.25) is 16.6 Å². The monoisotopic (exact) mass is 673 g/mol. The van der Waals surface area contributed by atoms with Crippen LogP contribution in [0.5, 0.6) is 11.5 Å². The van der Waals surface area contributed by atoms with E-state index in [1.807, 2.05) is 32.0 Å². The molecule has 38 heavy (non-hydrogen) atoms. The van der Waals surface area contributed by atoms with Crippen LogP contribution in [-0.4, -0.2) is 47.9 Å². The first-order valence-corrected chi connectivity index (χ1v) is 18.1. The molecule has 1 aliphatic heterocycles. The minimum atomic E-state index is -3.82. The van der Waals surface area contributed by atoms with Crippen molar-refractivity contribution in [2.45, 2.75) is 95.4 Å². The highest BCUT2D eigenvalue weighted by Gasteiger charge is 2.48. The topological polar surface area (TPSA) is 65.1 Å². The van der Waals surface area contributed by atoms with Crippen LogP contribution in [0.4, 0.5) is 0 Å². The smallest absolute Gasteiger partial charge is 0.243 e. The average molecular weight is 674 g/mol. The molecule has 0 N–H and O–H groups in total. The number of hydrogen-bond donors (Lipinski definition) is 0. The molecule has 2 atom stereocenters. The Morgan fingerprint density at radius 3 is 1.97 bits per heavy atom. The van der Waals surface area contributed by atoms with Crippen molar-refractivity contribution >= 4 is 40.9 Å². The van der Waals surface area contributed by atoms with E-state index in [2.05, 4.69) is 64.1 Å². The van der Waals surface area contributed by atoms with E-state index >= 15 is 0 Å². The maximum atomic E-state index is 14.3. The van der Waals surface area contributed by atoms with Crippen LogP contribution < -0.4 is 9.47 Å². The first-order valence-electron chi connectivity index (χ1n) is 13.4. The van der Waals surface area contributed by atoms with Crippen molar-refractivity contribution in [3.63, 3.8) is 0 Å². The van der Waals surface area contributed by atoms with Gasteiger partial charge in [-0.2, -0.15) is 4.31 Å². The lowest BCUT2D eigenvalue weighted by molar-refractivity contribution is 0.149. The highest BCUT2D eigenvalue weighted by Crippen LogP contribution is 2.48. The molecule has 0 saturated heterocycles. The van der Waals surface area contributed by atoms with Gasteiger partial charge < -0.3 is 13.9 Å². The molecule has 9 heteroatoms. The summed E-state index contributed by atoms with van der Waals surface area (Å²) < 4.78 is 49.7. The van der Waals surface area contributed by atoms with Crippen LogP contribution in [0.25, 0.3) is 0 Å². The van der Waals surface area contributed by atoms with Gasteiger partial charge in [0.05, 0.1) is 41.4 Å². The zero-order chi connectivity index (χ0) is 28.6. The van der Waals surface area contributed by atoms with Gasteiger partial charge in [0.1, 0.15) is 11.5 Å². The molecule has 6 nitrogen and oxygen atoms in total. The third kappa shape index (κ3) is 5.55. The number of hydrogen-bond acceptors (Lipinski definition) is 5. The van der Waals surface area contributed by atoms with Crippen molar-refractivity contribution in [3.05, 3.63) is 50.6 Å². The quantitative estimate of drug-likeness (QED) is 0.193. The Kier molecular flexibility index (Phi) is 10.0. The van der Waals surface area contributed by atoms with Gasteiger partial charge in [-0.3, -0.25) is 0 Å². The number of fused-ring (bicyclic) bond motifs is 1. The van der Waals surface area contributed by atoms with Crippen molar-refractivity contribution in [2.75, 3.05) is 20.8 Å². The second kappa shape index (κ2) is 12.2. The molecule has 1 aliphatic rings. The Hall–Kier alpha value is -1.14. The normalized spacial score (nSPS) is 18.8. The van der Waals surface area contributed by atoms with Crippen molar-refractivity contribution in [1.82, 2.24) is 4.31 Å². The standard InChI is InChI=1S/C29H44INO5SSi/c1-18(2)38(19(3)4,20(5)6)36-17-23-15-25-28(26(34-9)16-27(35-10)29(25)30)22(8)31(23)37(32,33)24-13-11-21(7)12-14-24/h11-14,16,18-20,22-23H,15,17H2,1-10H3/t22-,23+/m1/s1. The number of nitrogens with zero attached hydrogens (tertiary/aromatic N) is 1. The molecule has 1 heterocycles. The number of halogens is 1. The van der Waals surface area contributed by atoms with Gasteiger partial charge in [-0.15, -0.1) is 0 Å². The van der Waals surface area contributed by atoms with Gasteiger partial charge in [0.15, 0.2) is 8.32 Å². The lowest BCUT2D eigenvalue weighted by Gasteiger charge is -2.46. The number of sulfonamides is 1. The van der Waals surface area contributed by atoms with Crippen molar-refractivity contribution in [3.8, 4) is 11.5 Å². The second-order valence-corrected chi connectivity index (χ2v) is 19.7. The van der Waals surface area contributed by atoms with E-state index in [1.165, 1.54) is 0 Å². The van der Waals surface area contributed by atoms with E-state index in [1.54, 1.807) is 30.7 Å². The number of ether oxygens (including phenoxy) is 2. The highest BCUT2D eigenvalue weighted by molar-refractivity contribution is 14.1. The molecule has 3 rings (SSSR count). The SMILES string of the molecule is COc1cc(OC)c2c(c1I)C[C@@H](CO[Si](C(C)C)(C(C)C)C(C)C)N(S(=O)(=O)c1ccc(C)cc1)[C@@H]2C. The summed E-state index contributed by atoms with van der Waals surface area (Å²) in [6, 6.07) is 8.16. The molecule has 0 fully saturated rings. The van der Waals surface area contributed by atoms with Gasteiger partial charge in [0, 0.05) is 11.6 Å². The summed E-state index contributed by atoms with van der Waals surface area (Å²) in [6.45, 7) is 17.8. The van der Waals surface area contributed by atoms with E-state index < -0.39 is 24.4 Å². The summed E-state index contributed by atoms with van der Waals surface area (Å²) in [4.78, 5) is 0.297. The van der Waals surface area contributed by atoms with Crippen molar-refractivity contribution in [2.24, 2.45) is 0 Å². The van der Waals surface area contributed by atoms with Gasteiger partial charge in [-0.25, -0.2) is 8.42 Å². The van der Waals surface area contributed by atoms with Gasteiger partial charge in [-0.05, 0) is 77.2 Å². The molecule has 2 aromatic rings. The van der Waals surface area contributed by atoms with Gasteiger partial charge in [0.2, 0.25) is 10.0 Å². The molecule has 0 aliphatic carbocycles. The van der Waals surface area contributed by atoms with E-state index in [-0.39, 0.29) is 6.04 Å². The van der Waals surface area contributed by atoms with E-state index in [0.717, 1.165) is 26.0 Å². The van der Waals surface area contributed by atoms with Crippen molar-refractivity contribution < 1.29 is 22.3 Å². The van der Waals surface area contributed by atoms with Crippen LogP contribution in [0.15, 0.2) is 35.2 Å². The van der Waals surface area contributed by atoms with E-state index in [0.29, 0.717) is 40.3 Å².